The number of aliphatic carboxylic acids is 1. The van der Waals surface area contributed by atoms with Gasteiger partial charge in [-0.05, 0) is 18.8 Å². The minimum atomic E-state index is -0.664. The molecule has 86 valence electrons. The molecule has 3 unspecified atom stereocenters. The average molecular weight is 214 g/mol. The highest BCUT2D eigenvalue weighted by atomic mass is 16.7. The first-order chi connectivity index (χ1) is 7.22. The van der Waals surface area contributed by atoms with Crippen molar-refractivity contribution in [2.45, 2.75) is 32.5 Å². The lowest BCUT2D eigenvalue weighted by molar-refractivity contribution is -0.143. The molecule has 0 radical (unpaired) electrons. The Morgan fingerprint density at radius 1 is 1.33 bits per heavy atom. The van der Waals surface area contributed by atoms with Crippen molar-refractivity contribution in [3.05, 3.63) is 0 Å². The van der Waals surface area contributed by atoms with E-state index in [0.29, 0.717) is 25.6 Å². The summed E-state index contributed by atoms with van der Waals surface area (Å²) >= 11 is 0. The van der Waals surface area contributed by atoms with E-state index in [2.05, 4.69) is 6.92 Å². The Labute approximate surface area is 89.6 Å². The lowest BCUT2D eigenvalue weighted by Crippen LogP contribution is -2.20. The molecule has 1 aliphatic heterocycles. The van der Waals surface area contributed by atoms with Gasteiger partial charge in [-0.2, -0.15) is 0 Å². The van der Waals surface area contributed by atoms with E-state index in [-0.39, 0.29) is 18.1 Å². The lowest BCUT2D eigenvalue weighted by atomic mass is 9.94. The van der Waals surface area contributed by atoms with E-state index in [9.17, 15) is 4.79 Å². The summed E-state index contributed by atoms with van der Waals surface area (Å²) in [5.74, 6) is -0.297. The molecule has 2 rings (SSSR count). The normalized spacial score (nSPS) is 37.3. The van der Waals surface area contributed by atoms with E-state index in [1.807, 2.05) is 0 Å². The molecule has 2 fully saturated rings. The van der Waals surface area contributed by atoms with Crippen molar-refractivity contribution >= 4 is 5.97 Å². The third-order valence-electron chi connectivity index (χ3n) is 3.61. The zero-order valence-electron chi connectivity index (χ0n) is 9.02. The summed E-state index contributed by atoms with van der Waals surface area (Å²) in [6, 6.07) is 0. The number of carboxylic acids is 1. The largest absolute Gasteiger partial charge is 0.481 e. The van der Waals surface area contributed by atoms with Gasteiger partial charge in [-0.25, -0.2) is 0 Å². The number of hydrogen-bond acceptors (Lipinski definition) is 3. The molecule has 4 nitrogen and oxygen atoms in total. The molecule has 2 aliphatic rings. The molecule has 1 N–H and O–H groups in total. The van der Waals surface area contributed by atoms with Crippen molar-refractivity contribution in [1.82, 2.24) is 0 Å². The maximum absolute atomic E-state index is 11.0. The summed E-state index contributed by atoms with van der Waals surface area (Å²) in [4.78, 5) is 11.0. The molecule has 1 saturated heterocycles. The van der Waals surface area contributed by atoms with Crippen molar-refractivity contribution in [1.29, 1.82) is 0 Å². The highest BCUT2D eigenvalue weighted by Crippen LogP contribution is 2.41. The van der Waals surface area contributed by atoms with Gasteiger partial charge < -0.3 is 14.6 Å². The van der Waals surface area contributed by atoms with Crippen molar-refractivity contribution in [2.24, 2.45) is 17.8 Å². The van der Waals surface area contributed by atoms with E-state index in [4.69, 9.17) is 14.6 Å². The van der Waals surface area contributed by atoms with E-state index in [1.165, 1.54) is 0 Å². The second-order valence-electron chi connectivity index (χ2n) is 4.45. The van der Waals surface area contributed by atoms with Crippen LogP contribution in [0, 0.1) is 17.8 Å². The van der Waals surface area contributed by atoms with Gasteiger partial charge >= 0.3 is 5.97 Å². The van der Waals surface area contributed by atoms with Crippen LogP contribution in [0.25, 0.3) is 0 Å². The fourth-order valence-electron chi connectivity index (χ4n) is 2.79. The molecule has 15 heavy (non-hydrogen) atoms. The third-order valence-corrected chi connectivity index (χ3v) is 3.61. The Morgan fingerprint density at radius 2 is 2.00 bits per heavy atom. The van der Waals surface area contributed by atoms with Crippen LogP contribution >= 0.6 is 0 Å². The number of rotatable bonds is 3. The molecule has 0 spiro atoms. The highest BCUT2D eigenvalue weighted by Gasteiger charge is 2.42. The van der Waals surface area contributed by atoms with Gasteiger partial charge in [0.1, 0.15) is 0 Å². The minimum absolute atomic E-state index is 0.150. The predicted molar refractivity (Wildman–Crippen MR) is 53.3 cm³/mol. The fraction of sp³-hybridized carbons (Fsp3) is 0.909. The predicted octanol–water partition coefficient (Wildman–Crippen LogP) is 1.50. The van der Waals surface area contributed by atoms with Crippen LogP contribution in [-0.4, -0.2) is 30.6 Å². The van der Waals surface area contributed by atoms with Crippen LogP contribution in [0.3, 0.4) is 0 Å². The van der Waals surface area contributed by atoms with E-state index in [0.717, 1.165) is 12.8 Å². The number of carbonyl (C=O) groups is 1. The van der Waals surface area contributed by atoms with Crippen molar-refractivity contribution in [2.75, 3.05) is 13.2 Å². The molecule has 1 heterocycles. The van der Waals surface area contributed by atoms with Gasteiger partial charge in [-0.3, -0.25) is 4.79 Å². The smallest absolute Gasteiger partial charge is 0.306 e. The molecule has 0 aromatic carbocycles. The molecule has 0 aromatic heterocycles. The van der Waals surface area contributed by atoms with Crippen LogP contribution in [-0.2, 0) is 14.3 Å². The Balaban J connectivity index is 1.97. The van der Waals surface area contributed by atoms with E-state index in [1.54, 1.807) is 0 Å². The summed E-state index contributed by atoms with van der Waals surface area (Å²) in [5, 5.41) is 9.09. The number of ether oxygens (including phenoxy) is 2. The zero-order chi connectivity index (χ0) is 10.8. The highest BCUT2D eigenvalue weighted by molar-refractivity contribution is 5.70. The quantitative estimate of drug-likeness (QED) is 0.773. The summed E-state index contributed by atoms with van der Waals surface area (Å²) in [6.07, 6.45) is 2.42. The number of hydrogen-bond donors (Lipinski definition) is 1. The first-order valence-electron chi connectivity index (χ1n) is 5.68. The van der Waals surface area contributed by atoms with Gasteiger partial charge in [-0.15, -0.1) is 0 Å². The molecule has 0 aromatic rings. The van der Waals surface area contributed by atoms with Gasteiger partial charge in [0.2, 0.25) is 0 Å². The Bertz CT molecular complexity index is 235. The van der Waals surface area contributed by atoms with Gasteiger partial charge in [0.25, 0.3) is 0 Å². The summed E-state index contributed by atoms with van der Waals surface area (Å²) in [7, 11) is 0. The third kappa shape index (κ3) is 2.16. The zero-order valence-corrected chi connectivity index (χ0v) is 9.02. The molecular weight excluding hydrogens is 196 g/mol. The van der Waals surface area contributed by atoms with Crippen molar-refractivity contribution in [3.63, 3.8) is 0 Å². The Morgan fingerprint density at radius 3 is 2.47 bits per heavy atom. The van der Waals surface area contributed by atoms with E-state index < -0.39 is 5.97 Å². The summed E-state index contributed by atoms with van der Waals surface area (Å²) in [5.41, 5.74) is 0. The minimum Gasteiger partial charge on any atom is -0.481 e. The van der Waals surface area contributed by atoms with Crippen LogP contribution in [0.4, 0.5) is 0 Å². The van der Waals surface area contributed by atoms with Crippen molar-refractivity contribution < 1.29 is 19.4 Å². The van der Waals surface area contributed by atoms with Crippen LogP contribution in [0.5, 0.6) is 0 Å². The molecule has 3 atom stereocenters. The SMILES string of the molecule is CCC1CC(C2OCCO2)CC1C(=O)O. The average Bonchev–Trinajstić information content (AvgIpc) is 2.86. The molecule has 1 aliphatic carbocycles. The molecule has 4 heteroatoms. The topological polar surface area (TPSA) is 55.8 Å². The summed E-state index contributed by atoms with van der Waals surface area (Å²) < 4.78 is 10.9. The molecule has 1 saturated carbocycles. The molecule has 0 amide bonds. The maximum Gasteiger partial charge on any atom is 0.306 e. The molecule has 0 bridgehead atoms. The first kappa shape index (κ1) is 10.9. The maximum atomic E-state index is 11.0. The standard InChI is InChI=1S/C11H18O4/c1-2-7-5-8(6-9(7)10(12)13)11-14-3-4-15-11/h7-9,11H,2-6H2,1H3,(H,12,13). The molecular formula is C11H18O4. The van der Waals surface area contributed by atoms with Gasteiger partial charge in [0, 0.05) is 5.92 Å². The second kappa shape index (κ2) is 4.49. The first-order valence-corrected chi connectivity index (χ1v) is 5.68. The summed E-state index contributed by atoms with van der Waals surface area (Å²) in [6.45, 7) is 3.35. The van der Waals surface area contributed by atoms with Gasteiger partial charge in [0.15, 0.2) is 6.29 Å². The fourth-order valence-corrected chi connectivity index (χ4v) is 2.79. The van der Waals surface area contributed by atoms with Crippen LogP contribution in [0.15, 0.2) is 0 Å². The monoisotopic (exact) mass is 214 g/mol. The van der Waals surface area contributed by atoms with Gasteiger partial charge in [-0.1, -0.05) is 13.3 Å². The Kier molecular flexibility index (Phi) is 3.26. The number of carboxylic acid groups (broad SMARTS) is 1. The van der Waals surface area contributed by atoms with Crippen LogP contribution in [0.2, 0.25) is 0 Å². The second-order valence-corrected chi connectivity index (χ2v) is 4.45. The van der Waals surface area contributed by atoms with Crippen LogP contribution in [0.1, 0.15) is 26.2 Å². The van der Waals surface area contributed by atoms with Crippen molar-refractivity contribution in [3.8, 4) is 0 Å². The Hall–Kier alpha value is -0.610. The van der Waals surface area contributed by atoms with E-state index >= 15 is 0 Å². The lowest BCUT2D eigenvalue weighted by Gasteiger charge is -2.16. The van der Waals surface area contributed by atoms with Gasteiger partial charge in [0.05, 0.1) is 19.1 Å². The van der Waals surface area contributed by atoms with Crippen LogP contribution < -0.4 is 0 Å².